The van der Waals surface area contributed by atoms with Gasteiger partial charge >= 0.3 is 5.97 Å². The second kappa shape index (κ2) is 16.2. The Morgan fingerprint density at radius 1 is 1.17 bits per heavy atom. The number of aromatic amines is 1. The molecule has 2 aromatic heterocycles. The molecular formula is C35H49N5O6S2. The van der Waals surface area contributed by atoms with Gasteiger partial charge in [-0.1, -0.05) is 59.2 Å². The van der Waals surface area contributed by atoms with Crippen molar-refractivity contribution in [2.75, 3.05) is 18.5 Å². The number of nitrogens with one attached hydrogen (secondary N) is 3. The molecule has 0 spiro atoms. The van der Waals surface area contributed by atoms with Gasteiger partial charge in [-0.25, -0.2) is 18.2 Å². The molecule has 0 radical (unpaired) electrons. The van der Waals surface area contributed by atoms with Crippen molar-refractivity contribution in [1.29, 1.82) is 0 Å². The number of para-hydroxylation sites is 1. The number of ether oxygens (including phenoxy) is 1. The summed E-state index contributed by atoms with van der Waals surface area (Å²) in [6.07, 6.45) is 4.93. The molecule has 48 heavy (non-hydrogen) atoms. The Kier molecular flexibility index (Phi) is 12.6. The number of H-pyrrole nitrogens is 1. The van der Waals surface area contributed by atoms with Gasteiger partial charge in [0.1, 0.15) is 17.0 Å². The lowest BCUT2D eigenvalue weighted by Crippen LogP contribution is -2.57. The molecule has 13 heteroatoms. The average molecular weight is 700 g/mol. The third kappa shape index (κ3) is 9.54. The molecule has 1 aliphatic heterocycles. The van der Waals surface area contributed by atoms with Crippen molar-refractivity contribution in [2.24, 2.45) is 11.3 Å². The zero-order chi connectivity index (χ0) is 35.1. The molecule has 0 unspecified atom stereocenters. The van der Waals surface area contributed by atoms with Crippen LogP contribution < -0.4 is 10.0 Å². The first-order chi connectivity index (χ1) is 22.7. The molecule has 3 aromatic rings. The van der Waals surface area contributed by atoms with Crippen LogP contribution in [0.3, 0.4) is 0 Å². The number of nitrogens with zero attached hydrogens (tertiary/aromatic N) is 2. The SMILES string of the molecule is CCC(=O)Nc1c(-c2cccs2)cccc1S(=O)(=O)N[C@H](CCCc1nc[nH]c1C)C(=O)N1CC[C@H](CC)C[C@H]1C(=O)OCC(C)(C)C. The predicted octanol–water partition coefficient (Wildman–Crippen LogP) is 6.07. The van der Waals surface area contributed by atoms with E-state index in [1.807, 2.05) is 45.2 Å². The summed E-state index contributed by atoms with van der Waals surface area (Å²) >= 11 is 1.42. The summed E-state index contributed by atoms with van der Waals surface area (Å²) in [6.45, 7) is 12.1. The van der Waals surface area contributed by atoms with Crippen molar-refractivity contribution < 1.29 is 27.5 Å². The zero-order valence-electron chi connectivity index (χ0n) is 28.8. The fourth-order valence-corrected chi connectivity index (χ4v) is 7.99. The molecule has 3 N–H and O–H groups in total. The second-order valence-electron chi connectivity index (χ2n) is 13.6. The predicted molar refractivity (Wildman–Crippen MR) is 188 cm³/mol. The number of esters is 1. The van der Waals surface area contributed by atoms with Crippen molar-refractivity contribution in [3.8, 4) is 10.4 Å². The van der Waals surface area contributed by atoms with Crippen molar-refractivity contribution in [3.63, 3.8) is 0 Å². The molecule has 11 nitrogen and oxygen atoms in total. The van der Waals surface area contributed by atoms with Crippen LogP contribution in [0.5, 0.6) is 0 Å². The van der Waals surface area contributed by atoms with E-state index in [2.05, 4.69) is 26.9 Å². The Balaban J connectivity index is 1.69. The summed E-state index contributed by atoms with van der Waals surface area (Å²) in [4.78, 5) is 50.1. The maximum Gasteiger partial charge on any atom is 0.328 e. The molecular weight excluding hydrogens is 651 g/mol. The lowest BCUT2D eigenvalue weighted by molar-refractivity contribution is -0.160. The van der Waals surface area contributed by atoms with Crippen molar-refractivity contribution in [1.82, 2.24) is 19.6 Å². The number of carbonyl (C=O) groups is 3. The van der Waals surface area contributed by atoms with Gasteiger partial charge in [-0.05, 0) is 67.9 Å². The number of benzene rings is 1. The third-order valence-electron chi connectivity index (χ3n) is 8.62. The fraction of sp³-hybridized carbons (Fsp3) is 0.543. The number of likely N-dealkylation sites (tertiary alicyclic amines) is 1. The number of aromatic nitrogens is 2. The summed E-state index contributed by atoms with van der Waals surface area (Å²) in [7, 11) is -4.36. The number of hydrogen-bond donors (Lipinski definition) is 3. The van der Waals surface area contributed by atoms with Crippen LogP contribution in [0.25, 0.3) is 10.4 Å². The van der Waals surface area contributed by atoms with E-state index < -0.39 is 34.0 Å². The number of amides is 2. The lowest BCUT2D eigenvalue weighted by Gasteiger charge is -2.40. The van der Waals surface area contributed by atoms with Crippen LogP contribution in [0.15, 0.2) is 46.9 Å². The normalized spacial score (nSPS) is 17.6. The second-order valence-corrected chi connectivity index (χ2v) is 16.2. The number of rotatable bonds is 14. The number of hydrogen-bond acceptors (Lipinski definition) is 8. The summed E-state index contributed by atoms with van der Waals surface area (Å²) in [5, 5.41) is 4.67. The van der Waals surface area contributed by atoms with Crippen LogP contribution in [0.1, 0.15) is 84.5 Å². The van der Waals surface area contributed by atoms with Gasteiger partial charge < -0.3 is 19.9 Å². The molecule has 4 rings (SSSR count). The smallest absolute Gasteiger partial charge is 0.328 e. The van der Waals surface area contributed by atoms with E-state index in [0.717, 1.165) is 22.7 Å². The number of piperidine rings is 1. The van der Waals surface area contributed by atoms with Crippen molar-refractivity contribution in [2.45, 2.75) is 103 Å². The lowest BCUT2D eigenvalue weighted by atomic mass is 9.88. The van der Waals surface area contributed by atoms with Crippen molar-refractivity contribution in [3.05, 3.63) is 53.4 Å². The van der Waals surface area contributed by atoms with Gasteiger partial charge in [0.15, 0.2) is 0 Å². The largest absolute Gasteiger partial charge is 0.464 e. The molecule has 1 aromatic carbocycles. The summed E-state index contributed by atoms with van der Waals surface area (Å²) < 4.78 is 37.0. The van der Waals surface area contributed by atoms with E-state index in [1.54, 1.807) is 25.4 Å². The molecule has 2 amide bonds. The number of carbonyl (C=O) groups excluding carboxylic acids is 3. The van der Waals surface area contributed by atoms with E-state index in [9.17, 15) is 22.8 Å². The summed E-state index contributed by atoms with van der Waals surface area (Å²) in [6, 6.07) is 6.53. The highest BCUT2D eigenvalue weighted by molar-refractivity contribution is 7.89. The summed E-state index contributed by atoms with van der Waals surface area (Å²) in [5.74, 6) is -1.05. The average Bonchev–Trinajstić information content (AvgIpc) is 3.74. The zero-order valence-corrected chi connectivity index (χ0v) is 30.4. The molecule has 1 aliphatic rings. The van der Waals surface area contributed by atoms with E-state index in [0.29, 0.717) is 37.8 Å². The Bertz CT molecular complexity index is 1660. The fourth-order valence-electron chi connectivity index (χ4n) is 5.83. The van der Waals surface area contributed by atoms with Crippen LogP contribution in [-0.4, -0.2) is 66.3 Å². The van der Waals surface area contributed by atoms with Crippen molar-refractivity contribution >= 4 is 44.8 Å². The topological polar surface area (TPSA) is 151 Å². The van der Waals surface area contributed by atoms with E-state index in [4.69, 9.17) is 4.74 Å². The first-order valence-corrected chi connectivity index (χ1v) is 19.0. The van der Waals surface area contributed by atoms with Gasteiger partial charge in [0, 0.05) is 29.1 Å². The maximum atomic E-state index is 14.4. The minimum Gasteiger partial charge on any atom is -0.464 e. The minimum absolute atomic E-state index is 0.137. The third-order valence-corrected chi connectivity index (χ3v) is 11.0. The number of anilines is 1. The molecule has 262 valence electrons. The van der Waals surface area contributed by atoms with E-state index >= 15 is 0 Å². The number of thiophene rings is 1. The first kappa shape index (κ1) is 37.3. The van der Waals surface area contributed by atoms with E-state index in [1.165, 1.54) is 22.3 Å². The molecule has 0 bridgehead atoms. The monoisotopic (exact) mass is 699 g/mol. The Labute approximate surface area is 288 Å². The minimum atomic E-state index is -4.36. The molecule has 0 aliphatic carbocycles. The van der Waals surface area contributed by atoms with Gasteiger partial charge in [-0.2, -0.15) is 4.72 Å². The van der Waals surface area contributed by atoms with Gasteiger partial charge in [0.2, 0.25) is 21.8 Å². The van der Waals surface area contributed by atoms with Crippen LogP contribution in [0.4, 0.5) is 5.69 Å². The first-order valence-electron chi connectivity index (χ1n) is 16.7. The van der Waals surface area contributed by atoms with Gasteiger partial charge in [0.25, 0.3) is 0 Å². The Hall–Kier alpha value is -3.55. The molecule has 1 saturated heterocycles. The quantitative estimate of drug-likeness (QED) is 0.173. The van der Waals surface area contributed by atoms with Crippen LogP contribution in [0.2, 0.25) is 0 Å². The van der Waals surface area contributed by atoms with Gasteiger partial charge in [-0.15, -0.1) is 11.3 Å². The molecule has 3 atom stereocenters. The summed E-state index contributed by atoms with van der Waals surface area (Å²) in [5.41, 5.74) is 2.21. The van der Waals surface area contributed by atoms with Crippen LogP contribution in [-0.2, 0) is 35.6 Å². The van der Waals surface area contributed by atoms with Crippen LogP contribution >= 0.6 is 11.3 Å². The number of sulfonamides is 1. The van der Waals surface area contributed by atoms with E-state index in [-0.39, 0.29) is 47.3 Å². The van der Waals surface area contributed by atoms with Gasteiger partial charge in [-0.3, -0.25) is 9.59 Å². The standard InChI is InChI=1S/C35H49N5O6S2/c1-7-24-17-18-40(28(20-24)34(43)46-21-35(4,5)6)33(42)27(14-10-13-26-23(3)36-22-37-26)39-48(44,45)30-16-9-12-25(29-15-11-19-47-29)32(30)38-31(41)8-2/h9,11-12,15-16,19,22,24,27-28,39H,7-8,10,13-14,17-18,20-21H2,1-6H3,(H,36,37)(H,38,41)/t24-,27+,28-/m0/s1. The number of aryl methyl sites for hydroxylation is 2. The molecule has 0 saturated carbocycles. The van der Waals surface area contributed by atoms with Crippen LogP contribution in [0, 0.1) is 18.3 Å². The molecule has 1 fully saturated rings. The Morgan fingerprint density at radius 3 is 2.56 bits per heavy atom. The Morgan fingerprint density at radius 2 is 1.94 bits per heavy atom. The number of imidazole rings is 1. The highest BCUT2D eigenvalue weighted by atomic mass is 32.2. The maximum absolute atomic E-state index is 14.4. The van der Waals surface area contributed by atoms with Gasteiger partial charge in [0.05, 0.1) is 24.3 Å². The molecule has 3 heterocycles. The highest BCUT2D eigenvalue weighted by Gasteiger charge is 2.41. The highest BCUT2D eigenvalue weighted by Crippen LogP contribution is 2.37.